The van der Waals surface area contributed by atoms with Crippen LogP contribution < -0.4 is 5.01 Å². The molecule has 2 aliphatic carbocycles. The highest BCUT2D eigenvalue weighted by Crippen LogP contribution is 2.22. The van der Waals surface area contributed by atoms with E-state index in [9.17, 15) is 0 Å². The van der Waals surface area contributed by atoms with E-state index < -0.39 is 0 Å². The van der Waals surface area contributed by atoms with Gasteiger partial charge in [0.2, 0.25) is 0 Å². The molecule has 19 heavy (non-hydrogen) atoms. The Bertz CT molecular complexity index is 275. The van der Waals surface area contributed by atoms with Crippen molar-refractivity contribution in [1.82, 2.24) is 5.01 Å². The summed E-state index contributed by atoms with van der Waals surface area (Å²) in [5, 5.41) is 4.36. The van der Waals surface area contributed by atoms with Crippen LogP contribution in [-0.2, 0) is 0 Å². The lowest BCUT2D eigenvalue weighted by atomic mass is 9.95. The van der Waals surface area contributed by atoms with Gasteiger partial charge >= 0.3 is 0 Å². The maximum absolute atomic E-state index is 3.99. The molecular weight excluding hydrogens is 232 g/mol. The van der Waals surface area contributed by atoms with Crippen molar-refractivity contribution in [3.63, 3.8) is 0 Å². The topological polar surface area (TPSA) is 7.68 Å². The third-order valence-corrected chi connectivity index (χ3v) is 4.89. The second kappa shape index (κ2) is 7.86. The Morgan fingerprint density at radius 2 is 1.53 bits per heavy atom. The Kier molecular flexibility index (Phi) is 6.12. The summed E-state index contributed by atoms with van der Waals surface area (Å²) in [6, 6.07) is 1.59. The van der Waals surface area contributed by atoms with Crippen molar-refractivity contribution in [3.05, 3.63) is 25.3 Å². The molecule has 1 N–H and O–H groups in total. The van der Waals surface area contributed by atoms with E-state index in [2.05, 4.69) is 30.3 Å². The molecule has 0 saturated heterocycles. The Morgan fingerprint density at radius 3 is 2.11 bits per heavy atom. The van der Waals surface area contributed by atoms with E-state index in [1.165, 1.54) is 57.8 Å². The summed E-state index contributed by atoms with van der Waals surface area (Å²) < 4.78 is 0. The molecule has 2 saturated carbocycles. The fourth-order valence-electron chi connectivity index (χ4n) is 3.96. The summed E-state index contributed by atoms with van der Waals surface area (Å²) in [6.45, 7) is 10.1. The average molecular weight is 263 g/mol. The van der Waals surface area contributed by atoms with Crippen LogP contribution in [0.3, 0.4) is 0 Å². The van der Waals surface area contributed by atoms with Crippen LogP contribution in [0.5, 0.6) is 0 Å². The molecule has 2 rings (SSSR count). The van der Waals surface area contributed by atoms with Crippen LogP contribution >= 0.6 is 0 Å². The molecule has 1 unspecified atom stereocenters. The highest BCUT2D eigenvalue weighted by molar-refractivity contribution is 4.79. The van der Waals surface area contributed by atoms with Crippen LogP contribution in [0.1, 0.15) is 57.8 Å². The predicted octanol–water partition coefficient (Wildman–Crippen LogP) is 2.74. The van der Waals surface area contributed by atoms with Crippen molar-refractivity contribution in [2.75, 3.05) is 13.1 Å². The third kappa shape index (κ3) is 3.93. The van der Waals surface area contributed by atoms with Crippen LogP contribution in [0, 0.1) is 0 Å². The standard InChI is InChI=1S/C17H30N2/c1-3-14-18(16-10-6-5-7-11-16)19(15-4-2)17-12-8-9-13-17/h3-4,16-17H,1-2,5-15H2/p+1. The smallest absolute Gasteiger partial charge is 0.113 e. The minimum absolute atomic E-state index is 0.773. The number of nitrogens with zero attached hydrogens (tertiary/aromatic N) is 1. The van der Waals surface area contributed by atoms with Crippen LogP contribution in [0.2, 0.25) is 0 Å². The summed E-state index contributed by atoms with van der Waals surface area (Å²) in [5.41, 5.74) is 0. The van der Waals surface area contributed by atoms with E-state index in [0.717, 1.165) is 25.2 Å². The molecule has 0 aromatic rings. The molecule has 2 nitrogen and oxygen atoms in total. The molecule has 0 spiro atoms. The summed E-state index contributed by atoms with van der Waals surface area (Å²) in [4.78, 5) is 0. The molecule has 0 aliphatic heterocycles. The normalized spacial score (nSPS) is 23.6. The molecule has 1 atom stereocenters. The van der Waals surface area contributed by atoms with Crippen molar-refractivity contribution in [1.29, 1.82) is 0 Å². The van der Waals surface area contributed by atoms with Crippen molar-refractivity contribution < 1.29 is 5.01 Å². The average Bonchev–Trinajstić information content (AvgIpc) is 2.97. The summed E-state index contributed by atoms with van der Waals surface area (Å²) in [5.74, 6) is 0. The van der Waals surface area contributed by atoms with Crippen LogP contribution in [0.25, 0.3) is 0 Å². The number of nitrogens with one attached hydrogen (secondary N) is 1. The highest BCUT2D eigenvalue weighted by atomic mass is 15.6. The molecule has 0 radical (unpaired) electrons. The van der Waals surface area contributed by atoms with E-state index in [0.29, 0.717) is 0 Å². The van der Waals surface area contributed by atoms with Crippen molar-refractivity contribution >= 4 is 0 Å². The lowest BCUT2D eigenvalue weighted by Crippen LogP contribution is -3.22. The van der Waals surface area contributed by atoms with E-state index in [-0.39, 0.29) is 0 Å². The summed E-state index contributed by atoms with van der Waals surface area (Å²) in [7, 11) is 0. The largest absolute Gasteiger partial charge is 0.249 e. The van der Waals surface area contributed by atoms with Gasteiger partial charge in [0.05, 0.1) is 12.6 Å². The minimum Gasteiger partial charge on any atom is -0.249 e. The lowest BCUT2D eigenvalue weighted by molar-refractivity contribution is -1.04. The quantitative estimate of drug-likeness (QED) is 0.548. The Hall–Kier alpha value is -0.600. The van der Waals surface area contributed by atoms with Gasteiger partial charge in [0, 0.05) is 12.8 Å². The molecule has 108 valence electrons. The SMILES string of the molecule is C=CCN(C1CCCC1)[NH+](CC=C)C1CCCCC1. The van der Waals surface area contributed by atoms with Gasteiger partial charge in [-0.2, -0.15) is 0 Å². The minimum atomic E-state index is 0.773. The first-order valence-corrected chi connectivity index (χ1v) is 8.21. The monoisotopic (exact) mass is 263 g/mol. The number of hydrogen-bond donors (Lipinski definition) is 1. The van der Waals surface area contributed by atoms with Gasteiger partial charge in [-0.05, 0) is 31.8 Å². The number of rotatable bonds is 7. The first-order chi connectivity index (χ1) is 9.36. The van der Waals surface area contributed by atoms with Crippen LogP contribution in [-0.4, -0.2) is 30.2 Å². The molecule has 0 aromatic carbocycles. The van der Waals surface area contributed by atoms with Gasteiger partial charge in [-0.25, -0.2) is 5.01 Å². The Balaban J connectivity index is 2.06. The van der Waals surface area contributed by atoms with Crippen molar-refractivity contribution in [3.8, 4) is 0 Å². The van der Waals surface area contributed by atoms with Crippen LogP contribution in [0.15, 0.2) is 25.3 Å². The third-order valence-electron chi connectivity index (χ3n) is 4.89. The Labute approximate surface area is 119 Å². The summed E-state index contributed by atoms with van der Waals surface area (Å²) in [6.07, 6.45) is 16.8. The van der Waals surface area contributed by atoms with Gasteiger partial charge in [0.1, 0.15) is 12.6 Å². The zero-order chi connectivity index (χ0) is 13.5. The van der Waals surface area contributed by atoms with Crippen LogP contribution in [0.4, 0.5) is 0 Å². The fourth-order valence-corrected chi connectivity index (χ4v) is 3.96. The Morgan fingerprint density at radius 1 is 0.895 bits per heavy atom. The molecule has 0 heterocycles. The zero-order valence-electron chi connectivity index (χ0n) is 12.4. The first-order valence-electron chi connectivity index (χ1n) is 8.21. The maximum atomic E-state index is 3.99. The van der Waals surface area contributed by atoms with Gasteiger partial charge in [0.15, 0.2) is 0 Å². The van der Waals surface area contributed by atoms with Crippen molar-refractivity contribution in [2.45, 2.75) is 69.9 Å². The van der Waals surface area contributed by atoms with Crippen molar-refractivity contribution in [2.24, 2.45) is 0 Å². The molecule has 2 heteroatoms. The molecule has 2 aliphatic rings. The van der Waals surface area contributed by atoms with Gasteiger partial charge in [-0.3, -0.25) is 0 Å². The second-order valence-corrected chi connectivity index (χ2v) is 6.20. The van der Waals surface area contributed by atoms with Gasteiger partial charge in [-0.15, -0.1) is 11.6 Å². The van der Waals surface area contributed by atoms with E-state index >= 15 is 0 Å². The lowest BCUT2D eigenvalue weighted by Gasteiger charge is -2.40. The first kappa shape index (κ1) is 14.8. The number of hydrogen-bond acceptors (Lipinski definition) is 1. The van der Waals surface area contributed by atoms with Gasteiger partial charge in [-0.1, -0.05) is 31.9 Å². The van der Waals surface area contributed by atoms with E-state index in [1.54, 1.807) is 5.01 Å². The molecule has 0 aromatic heterocycles. The predicted molar refractivity (Wildman–Crippen MR) is 82.1 cm³/mol. The molecule has 0 amide bonds. The second-order valence-electron chi connectivity index (χ2n) is 6.20. The summed E-state index contributed by atoms with van der Waals surface area (Å²) >= 11 is 0. The molecule has 2 fully saturated rings. The highest BCUT2D eigenvalue weighted by Gasteiger charge is 2.34. The van der Waals surface area contributed by atoms with Gasteiger partial charge in [0.25, 0.3) is 0 Å². The van der Waals surface area contributed by atoms with Gasteiger partial charge < -0.3 is 0 Å². The zero-order valence-corrected chi connectivity index (χ0v) is 12.4. The van der Waals surface area contributed by atoms with E-state index in [4.69, 9.17) is 0 Å². The molecule has 0 bridgehead atoms. The number of quaternary nitrogens is 1. The fraction of sp³-hybridized carbons (Fsp3) is 0.765. The molecular formula is C17H31N2+. The maximum Gasteiger partial charge on any atom is 0.113 e. The van der Waals surface area contributed by atoms with E-state index in [1.807, 2.05) is 0 Å².